The maximum absolute atomic E-state index is 12.6. The number of carbonyl (C=O) groups is 3. The summed E-state index contributed by atoms with van der Waals surface area (Å²) in [7, 11) is 4.79. The number of alkyl carbamates (subject to hydrolysis) is 1. The molecular weight excluding hydrogens is 414 g/mol. The summed E-state index contributed by atoms with van der Waals surface area (Å²) in [4.78, 5) is 42.5. The summed E-state index contributed by atoms with van der Waals surface area (Å²) < 4.78 is 5.51. The number of aliphatic carboxylic acids is 1. The maximum Gasteiger partial charge on any atom is 0.407 e. The van der Waals surface area contributed by atoms with Gasteiger partial charge in [-0.3, -0.25) is 9.63 Å². The molecular formula is C23H27N3O6. The van der Waals surface area contributed by atoms with Gasteiger partial charge in [-0.05, 0) is 36.3 Å². The number of nitrogens with one attached hydrogen (secondary N) is 1. The Balaban J connectivity index is 1.65. The van der Waals surface area contributed by atoms with Gasteiger partial charge < -0.3 is 20.1 Å². The normalized spacial score (nSPS) is 13.2. The van der Waals surface area contributed by atoms with E-state index >= 15 is 0 Å². The van der Waals surface area contributed by atoms with Crippen molar-refractivity contribution in [2.24, 2.45) is 0 Å². The summed E-state index contributed by atoms with van der Waals surface area (Å²) in [6, 6.07) is 15.0. The van der Waals surface area contributed by atoms with Crippen LogP contribution in [0.5, 0.6) is 0 Å². The van der Waals surface area contributed by atoms with E-state index in [1.807, 2.05) is 48.5 Å². The van der Waals surface area contributed by atoms with Gasteiger partial charge in [0.15, 0.2) is 6.61 Å². The number of nitrogens with zero attached hydrogens (tertiary/aromatic N) is 2. The molecule has 170 valence electrons. The average molecular weight is 441 g/mol. The molecule has 0 aliphatic heterocycles. The van der Waals surface area contributed by atoms with Crippen molar-refractivity contribution in [3.8, 4) is 11.1 Å². The largest absolute Gasteiger partial charge is 0.479 e. The number of carbonyl (C=O) groups excluding carboxylic acids is 2. The minimum atomic E-state index is -1.21. The van der Waals surface area contributed by atoms with Crippen LogP contribution >= 0.6 is 0 Å². The zero-order valence-electron chi connectivity index (χ0n) is 18.3. The van der Waals surface area contributed by atoms with Gasteiger partial charge in [0.2, 0.25) is 0 Å². The highest BCUT2D eigenvalue weighted by molar-refractivity contribution is 5.85. The standard InChI is InChI=1S/C23H27N3O6/c1-25(2)12-20(22(29)26(3)32-14-21(27)28)24-23(30)31-13-19-17-10-6-4-8-15(17)16-9-5-7-11-18(16)19/h4-11,19-20H,12-14H2,1-3H3,(H,24,30)(H,27,28)/t20-/m0/s1. The first kappa shape index (κ1) is 23.2. The summed E-state index contributed by atoms with van der Waals surface area (Å²) in [5.41, 5.74) is 4.42. The molecule has 0 spiro atoms. The average Bonchev–Trinajstić information content (AvgIpc) is 3.08. The third-order valence-corrected chi connectivity index (χ3v) is 5.17. The third-order valence-electron chi connectivity index (χ3n) is 5.17. The van der Waals surface area contributed by atoms with Crippen LogP contribution in [0.1, 0.15) is 17.0 Å². The summed E-state index contributed by atoms with van der Waals surface area (Å²) >= 11 is 0. The second kappa shape index (κ2) is 10.3. The molecule has 3 rings (SSSR count). The Kier molecular flexibility index (Phi) is 7.45. The zero-order valence-corrected chi connectivity index (χ0v) is 18.3. The summed E-state index contributed by atoms with van der Waals surface area (Å²) in [6.07, 6.45) is -0.737. The summed E-state index contributed by atoms with van der Waals surface area (Å²) in [5.74, 6) is -1.90. The Hall–Kier alpha value is -3.43. The summed E-state index contributed by atoms with van der Waals surface area (Å²) in [6.45, 7) is -0.361. The molecule has 1 aliphatic carbocycles. The molecule has 0 saturated carbocycles. The van der Waals surface area contributed by atoms with E-state index in [9.17, 15) is 14.4 Å². The lowest BCUT2D eigenvalue weighted by Crippen LogP contribution is -2.52. The van der Waals surface area contributed by atoms with Crippen LogP contribution < -0.4 is 5.32 Å². The number of hydrogen-bond acceptors (Lipinski definition) is 6. The van der Waals surface area contributed by atoms with Gasteiger partial charge in [-0.25, -0.2) is 14.7 Å². The van der Waals surface area contributed by atoms with Crippen LogP contribution in [0.4, 0.5) is 4.79 Å². The van der Waals surface area contributed by atoms with Gasteiger partial charge in [0.1, 0.15) is 12.6 Å². The van der Waals surface area contributed by atoms with E-state index in [-0.39, 0.29) is 19.1 Å². The van der Waals surface area contributed by atoms with Crippen molar-refractivity contribution < 1.29 is 29.1 Å². The van der Waals surface area contributed by atoms with Gasteiger partial charge in [0, 0.05) is 19.5 Å². The van der Waals surface area contributed by atoms with Gasteiger partial charge in [-0.15, -0.1) is 0 Å². The quantitative estimate of drug-likeness (QED) is 0.573. The Morgan fingerprint density at radius 2 is 1.56 bits per heavy atom. The van der Waals surface area contributed by atoms with Crippen molar-refractivity contribution in [3.05, 3.63) is 59.7 Å². The lowest BCUT2D eigenvalue weighted by atomic mass is 9.98. The minimum absolute atomic E-state index is 0.0993. The molecule has 9 heteroatoms. The Bertz CT molecular complexity index is 948. The number of carboxylic acids is 1. The zero-order chi connectivity index (χ0) is 23.3. The third kappa shape index (κ3) is 5.43. The number of ether oxygens (including phenoxy) is 1. The van der Waals surface area contributed by atoms with Crippen LogP contribution in [0.25, 0.3) is 11.1 Å². The second-order valence-corrected chi connectivity index (χ2v) is 7.79. The predicted molar refractivity (Wildman–Crippen MR) is 117 cm³/mol. The molecule has 2 amide bonds. The monoisotopic (exact) mass is 441 g/mol. The molecule has 0 unspecified atom stereocenters. The van der Waals surface area contributed by atoms with Crippen LogP contribution in [0.15, 0.2) is 48.5 Å². The van der Waals surface area contributed by atoms with Crippen LogP contribution in [0.2, 0.25) is 0 Å². The van der Waals surface area contributed by atoms with Crippen molar-refractivity contribution in [3.63, 3.8) is 0 Å². The topological polar surface area (TPSA) is 108 Å². The molecule has 2 aromatic rings. The van der Waals surface area contributed by atoms with E-state index in [0.717, 1.165) is 27.3 Å². The Morgan fingerprint density at radius 3 is 2.09 bits per heavy atom. The van der Waals surface area contributed by atoms with Gasteiger partial charge in [-0.2, -0.15) is 0 Å². The van der Waals surface area contributed by atoms with Crippen molar-refractivity contribution in [1.82, 2.24) is 15.3 Å². The number of hydroxylamine groups is 2. The molecule has 2 aromatic carbocycles. The minimum Gasteiger partial charge on any atom is -0.479 e. The molecule has 0 aromatic heterocycles. The number of hydrogen-bond donors (Lipinski definition) is 2. The Morgan fingerprint density at radius 1 is 1.00 bits per heavy atom. The summed E-state index contributed by atoms with van der Waals surface area (Å²) in [5, 5.41) is 12.1. The SMILES string of the molecule is CN(C)C[C@H](NC(=O)OCC1c2ccccc2-c2ccccc21)C(=O)N(C)OCC(=O)O. The van der Waals surface area contributed by atoms with Crippen LogP contribution in [0, 0.1) is 0 Å². The van der Waals surface area contributed by atoms with Crippen LogP contribution in [0.3, 0.4) is 0 Å². The number of carboxylic acid groups (broad SMARTS) is 1. The fourth-order valence-electron chi connectivity index (χ4n) is 3.77. The van der Waals surface area contributed by atoms with Crippen LogP contribution in [-0.4, -0.2) is 80.0 Å². The Labute approximate surface area is 186 Å². The van der Waals surface area contributed by atoms with E-state index < -0.39 is 30.6 Å². The van der Waals surface area contributed by atoms with Crippen molar-refractivity contribution in [1.29, 1.82) is 0 Å². The molecule has 0 radical (unpaired) electrons. The number of benzene rings is 2. The van der Waals surface area contributed by atoms with E-state index in [2.05, 4.69) is 5.32 Å². The molecule has 1 atom stereocenters. The highest BCUT2D eigenvalue weighted by Gasteiger charge is 2.30. The van der Waals surface area contributed by atoms with Crippen molar-refractivity contribution in [2.75, 3.05) is 40.9 Å². The van der Waals surface area contributed by atoms with E-state index in [1.165, 1.54) is 7.05 Å². The highest BCUT2D eigenvalue weighted by Crippen LogP contribution is 2.44. The smallest absolute Gasteiger partial charge is 0.407 e. The van der Waals surface area contributed by atoms with Gasteiger partial charge in [0.25, 0.3) is 5.91 Å². The van der Waals surface area contributed by atoms with Gasteiger partial charge >= 0.3 is 12.1 Å². The lowest BCUT2D eigenvalue weighted by Gasteiger charge is -2.25. The van der Waals surface area contributed by atoms with E-state index in [4.69, 9.17) is 14.7 Å². The molecule has 9 nitrogen and oxygen atoms in total. The second-order valence-electron chi connectivity index (χ2n) is 7.79. The van der Waals surface area contributed by atoms with E-state index in [0.29, 0.717) is 0 Å². The van der Waals surface area contributed by atoms with Gasteiger partial charge in [-0.1, -0.05) is 48.5 Å². The first-order valence-corrected chi connectivity index (χ1v) is 10.2. The molecule has 0 heterocycles. The molecule has 2 N–H and O–H groups in total. The van der Waals surface area contributed by atoms with Gasteiger partial charge in [0.05, 0.1) is 0 Å². The first-order valence-electron chi connectivity index (χ1n) is 10.2. The molecule has 0 bridgehead atoms. The van der Waals surface area contributed by atoms with Crippen LogP contribution in [-0.2, 0) is 19.2 Å². The molecule has 0 fully saturated rings. The molecule has 1 aliphatic rings. The number of fused-ring (bicyclic) bond motifs is 3. The van der Waals surface area contributed by atoms with Crippen molar-refractivity contribution in [2.45, 2.75) is 12.0 Å². The molecule has 32 heavy (non-hydrogen) atoms. The fraction of sp³-hybridized carbons (Fsp3) is 0.348. The van der Waals surface area contributed by atoms with Crippen molar-refractivity contribution >= 4 is 18.0 Å². The number of likely N-dealkylation sites (N-methyl/N-ethyl adjacent to an activating group) is 2. The number of amides is 2. The molecule has 0 saturated heterocycles. The highest BCUT2D eigenvalue weighted by atomic mass is 16.7. The fourth-order valence-corrected chi connectivity index (χ4v) is 3.77. The first-order chi connectivity index (χ1) is 15.3. The van der Waals surface area contributed by atoms with E-state index in [1.54, 1.807) is 19.0 Å². The lowest BCUT2D eigenvalue weighted by molar-refractivity contribution is -0.187. The maximum atomic E-state index is 12.6. The number of rotatable bonds is 9. The predicted octanol–water partition coefficient (Wildman–Crippen LogP) is 1.93.